The predicted octanol–water partition coefficient (Wildman–Crippen LogP) is 3.16. The maximum Gasteiger partial charge on any atom is 0.323 e. The lowest BCUT2D eigenvalue weighted by Gasteiger charge is -2.21. The average molecular weight is 273 g/mol. The first-order chi connectivity index (χ1) is 9.66. The van der Waals surface area contributed by atoms with Crippen molar-refractivity contribution in [3.63, 3.8) is 0 Å². The first-order valence-corrected chi connectivity index (χ1v) is 7.25. The third-order valence-corrected chi connectivity index (χ3v) is 3.59. The number of esters is 1. The highest BCUT2D eigenvalue weighted by Crippen LogP contribution is 2.19. The van der Waals surface area contributed by atoms with Crippen molar-refractivity contribution in [2.45, 2.75) is 39.3 Å². The number of ether oxygens (including phenoxy) is 1. The number of carbonyl (C=O) groups is 1. The van der Waals surface area contributed by atoms with Gasteiger partial charge >= 0.3 is 5.97 Å². The van der Waals surface area contributed by atoms with Gasteiger partial charge in [-0.1, -0.05) is 42.0 Å². The van der Waals surface area contributed by atoms with Crippen molar-refractivity contribution >= 4 is 5.97 Å². The van der Waals surface area contributed by atoms with Crippen molar-refractivity contribution in [2.24, 2.45) is 0 Å². The Kier molecular flexibility index (Phi) is 5.36. The Bertz CT molecular complexity index is 463. The van der Waals surface area contributed by atoms with Crippen molar-refractivity contribution in [1.82, 2.24) is 4.90 Å². The van der Waals surface area contributed by atoms with Crippen LogP contribution >= 0.6 is 0 Å². The first-order valence-electron chi connectivity index (χ1n) is 7.25. The summed E-state index contributed by atoms with van der Waals surface area (Å²) in [7, 11) is 0. The van der Waals surface area contributed by atoms with E-state index in [2.05, 4.69) is 24.8 Å². The second kappa shape index (κ2) is 7.25. The third-order valence-electron chi connectivity index (χ3n) is 3.59. The molecule has 3 heteroatoms. The molecule has 1 fully saturated rings. The van der Waals surface area contributed by atoms with Gasteiger partial charge in [0.05, 0.1) is 0 Å². The molecule has 108 valence electrons. The zero-order valence-corrected chi connectivity index (χ0v) is 12.3. The van der Waals surface area contributed by atoms with Crippen LogP contribution in [0.15, 0.2) is 42.0 Å². The highest BCUT2D eigenvalue weighted by molar-refractivity contribution is 5.76. The fourth-order valence-corrected chi connectivity index (χ4v) is 2.44. The van der Waals surface area contributed by atoms with E-state index in [4.69, 9.17) is 4.74 Å². The number of benzene rings is 1. The minimum atomic E-state index is -0.0893. The Morgan fingerprint density at radius 1 is 1.35 bits per heavy atom. The van der Waals surface area contributed by atoms with Gasteiger partial charge in [-0.05, 0) is 38.8 Å². The van der Waals surface area contributed by atoms with Gasteiger partial charge in [-0.15, -0.1) is 0 Å². The summed E-state index contributed by atoms with van der Waals surface area (Å²) in [6.07, 6.45) is 4.15. The molecule has 3 nitrogen and oxygen atoms in total. The summed E-state index contributed by atoms with van der Waals surface area (Å²) >= 11 is 0. The van der Waals surface area contributed by atoms with Gasteiger partial charge in [0.15, 0.2) is 0 Å². The maximum atomic E-state index is 12.2. The summed E-state index contributed by atoms with van der Waals surface area (Å²) in [6.45, 7) is 6.35. The van der Waals surface area contributed by atoms with Gasteiger partial charge < -0.3 is 4.74 Å². The number of allylic oxidation sites excluding steroid dienone is 1. The Labute approximate surface area is 121 Å². The van der Waals surface area contributed by atoms with Gasteiger partial charge in [-0.25, -0.2) is 0 Å². The van der Waals surface area contributed by atoms with Gasteiger partial charge in [-0.3, -0.25) is 9.69 Å². The van der Waals surface area contributed by atoms with Gasteiger partial charge in [0.2, 0.25) is 0 Å². The van der Waals surface area contributed by atoms with E-state index >= 15 is 0 Å². The van der Waals surface area contributed by atoms with Crippen LogP contribution in [0, 0.1) is 0 Å². The number of hydrogen-bond acceptors (Lipinski definition) is 3. The second-order valence-electron chi connectivity index (χ2n) is 5.53. The van der Waals surface area contributed by atoms with Gasteiger partial charge in [0, 0.05) is 6.54 Å². The van der Waals surface area contributed by atoms with Crippen LogP contribution in [0.5, 0.6) is 0 Å². The van der Waals surface area contributed by atoms with Gasteiger partial charge in [-0.2, -0.15) is 0 Å². The quantitative estimate of drug-likeness (QED) is 0.609. The van der Waals surface area contributed by atoms with Crippen LogP contribution in [-0.4, -0.2) is 30.0 Å². The molecule has 20 heavy (non-hydrogen) atoms. The number of rotatable bonds is 5. The van der Waals surface area contributed by atoms with E-state index in [1.165, 1.54) is 5.57 Å². The molecular formula is C17H23NO2. The van der Waals surface area contributed by atoms with Crippen LogP contribution in [-0.2, 0) is 16.1 Å². The van der Waals surface area contributed by atoms with Crippen molar-refractivity contribution in [2.75, 3.05) is 13.1 Å². The van der Waals surface area contributed by atoms with E-state index < -0.39 is 0 Å². The van der Waals surface area contributed by atoms with E-state index in [0.29, 0.717) is 6.61 Å². The Morgan fingerprint density at radius 3 is 2.80 bits per heavy atom. The molecule has 1 aromatic carbocycles. The highest BCUT2D eigenvalue weighted by atomic mass is 16.5. The molecule has 0 aromatic heterocycles. The van der Waals surface area contributed by atoms with Crippen molar-refractivity contribution in [3.8, 4) is 0 Å². The SMILES string of the molecule is CC(C)=CCN1CCC[C@H]1C(=O)OCc1ccccc1. The second-order valence-corrected chi connectivity index (χ2v) is 5.53. The standard InChI is InChI=1S/C17H23NO2/c1-14(2)10-12-18-11-6-9-16(18)17(19)20-13-15-7-4-3-5-8-15/h3-5,7-8,10,16H,6,9,11-13H2,1-2H3/t16-/m0/s1. The zero-order chi connectivity index (χ0) is 14.4. The Hall–Kier alpha value is -1.61. The molecule has 1 aliphatic rings. The van der Waals surface area contributed by atoms with Crippen LogP contribution in [0.2, 0.25) is 0 Å². The first kappa shape index (κ1) is 14.8. The van der Waals surface area contributed by atoms with Gasteiger partial charge in [0.1, 0.15) is 12.6 Å². The van der Waals surface area contributed by atoms with E-state index in [1.54, 1.807) is 0 Å². The van der Waals surface area contributed by atoms with Gasteiger partial charge in [0.25, 0.3) is 0 Å². The molecule has 2 rings (SSSR count). The molecule has 0 spiro atoms. The lowest BCUT2D eigenvalue weighted by Crippen LogP contribution is -2.37. The number of carbonyl (C=O) groups excluding carboxylic acids is 1. The molecule has 1 atom stereocenters. The average Bonchev–Trinajstić information content (AvgIpc) is 2.92. The van der Waals surface area contributed by atoms with Crippen molar-refractivity contribution in [1.29, 1.82) is 0 Å². The molecule has 1 heterocycles. The van der Waals surface area contributed by atoms with E-state index in [-0.39, 0.29) is 12.0 Å². The minimum Gasteiger partial charge on any atom is -0.460 e. The van der Waals surface area contributed by atoms with Crippen LogP contribution < -0.4 is 0 Å². The molecule has 0 bridgehead atoms. The van der Waals surface area contributed by atoms with Crippen LogP contribution in [0.4, 0.5) is 0 Å². The Morgan fingerprint density at radius 2 is 2.10 bits per heavy atom. The maximum absolute atomic E-state index is 12.2. The molecule has 1 aromatic rings. The summed E-state index contributed by atoms with van der Waals surface area (Å²) in [5.74, 6) is -0.0893. The molecule has 0 N–H and O–H groups in total. The smallest absolute Gasteiger partial charge is 0.323 e. The molecule has 1 saturated heterocycles. The third kappa shape index (κ3) is 4.20. The van der Waals surface area contributed by atoms with E-state index in [0.717, 1.165) is 31.5 Å². The van der Waals surface area contributed by atoms with E-state index in [9.17, 15) is 4.79 Å². The predicted molar refractivity (Wildman–Crippen MR) is 80.3 cm³/mol. The normalized spacial score (nSPS) is 18.8. The fourth-order valence-electron chi connectivity index (χ4n) is 2.44. The molecule has 0 aliphatic carbocycles. The lowest BCUT2D eigenvalue weighted by atomic mass is 10.2. The molecule has 1 aliphatic heterocycles. The van der Waals surface area contributed by atoms with Crippen LogP contribution in [0.25, 0.3) is 0 Å². The monoisotopic (exact) mass is 273 g/mol. The number of likely N-dealkylation sites (tertiary alicyclic amines) is 1. The van der Waals surface area contributed by atoms with E-state index in [1.807, 2.05) is 30.3 Å². The minimum absolute atomic E-state index is 0.0747. The van der Waals surface area contributed by atoms with Crippen LogP contribution in [0.1, 0.15) is 32.3 Å². The van der Waals surface area contributed by atoms with Crippen molar-refractivity contribution < 1.29 is 9.53 Å². The molecule has 0 amide bonds. The Balaban J connectivity index is 1.86. The summed E-state index contributed by atoms with van der Waals surface area (Å²) in [4.78, 5) is 14.4. The molecule has 0 unspecified atom stereocenters. The van der Waals surface area contributed by atoms with Crippen molar-refractivity contribution in [3.05, 3.63) is 47.5 Å². The largest absolute Gasteiger partial charge is 0.460 e. The highest BCUT2D eigenvalue weighted by Gasteiger charge is 2.31. The number of nitrogens with zero attached hydrogens (tertiary/aromatic N) is 1. The molecular weight excluding hydrogens is 250 g/mol. The summed E-state index contributed by atoms with van der Waals surface area (Å²) < 4.78 is 5.45. The van der Waals surface area contributed by atoms with Crippen LogP contribution in [0.3, 0.4) is 0 Å². The summed E-state index contributed by atoms with van der Waals surface area (Å²) in [5.41, 5.74) is 2.32. The number of hydrogen-bond donors (Lipinski definition) is 0. The zero-order valence-electron chi connectivity index (χ0n) is 12.3. The topological polar surface area (TPSA) is 29.5 Å². The molecule has 0 saturated carbocycles. The summed E-state index contributed by atoms with van der Waals surface area (Å²) in [5, 5.41) is 0. The molecule has 0 radical (unpaired) electrons. The lowest BCUT2D eigenvalue weighted by molar-refractivity contribution is -0.150. The summed E-state index contributed by atoms with van der Waals surface area (Å²) in [6, 6.07) is 9.75. The fraction of sp³-hybridized carbons (Fsp3) is 0.471.